The lowest BCUT2D eigenvalue weighted by Gasteiger charge is -2.14. The topological polar surface area (TPSA) is 63.1 Å². The van der Waals surface area contributed by atoms with Gasteiger partial charge in [0, 0.05) is 37.6 Å². The molecule has 6 nitrogen and oxygen atoms in total. The maximum absolute atomic E-state index is 12.4. The molecule has 3 aromatic rings. The fourth-order valence-electron chi connectivity index (χ4n) is 2.98. The molecule has 0 radical (unpaired) electrons. The van der Waals surface area contributed by atoms with E-state index in [-0.39, 0.29) is 11.7 Å². The van der Waals surface area contributed by atoms with Gasteiger partial charge in [-0.05, 0) is 36.2 Å². The van der Waals surface area contributed by atoms with Crippen molar-refractivity contribution in [3.05, 3.63) is 66.7 Å². The van der Waals surface area contributed by atoms with Gasteiger partial charge in [-0.25, -0.2) is 0 Å². The molecule has 30 heavy (non-hydrogen) atoms. The number of carbonyl (C=O) groups excluding carboxylic acids is 1. The Labute approximate surface area is 182 Å². The average Bonchev–Trinajstić information content (AvgIpc) is 3.16. The number of anilines is 2. The number of hydrogen-bond donors (Lipinski definition) is 1. The highest BCUT2D eigenvalue weighted by atomic mass is 32.2. The number of aromatic nitrogens is 3. The minimum atomic E-state index is -0.0754. The van der Waals surface area contributed by atoms with Crippen LogP contribution in [0.4, 0.5) is 11.4 Å². The van der Waals surface area contributed by atoms with Gasteiger partial charge in [-0.2, -0.15) is 0 Å². The number of rotatable bonds is 9. The van der Waals surface area contributed by atoms with Crippen molar-refractivity contribution >= 4 is 29.0 Å². The number of benzene rings is 2. The van der Waals surface area contributed by atoms with Gasteiger partial charge in [-0.1, -0.05) is 49.0 Å². The zero-order chi connectivity index (χ0) is 21.5. The molecule has 0 unspecified atom stereocenters. The van der Waals surface area contributed by atoms with Crippen LogP contribution in [0.5, 0.6) is 0 Å². The lowest BCUT2D eigenvalue weighted by Crippen LogP contribution is -2.14. The Kier molecular flexibility index (Phi) is 7.30. The van der Waals surface area contributed by atoms with Crippen LogP contribution < -0.4 is 10.2 Å². The molecule has 0 bridgehead atoms. The van der Waals surface area contributed by atoms with E-state index in [0.717, 1.165) is 29.2 Å². The molecule has 0 aliphatic heterocycles. The summed E-state index contributed by atoms with van der Waals surface area (Å²) < 4.78 is 1.98. The van der Waals surface area contributed by atoms with E-state index in [0.29, 0.717) is 11.7 Å². The van der Waals surface area contributed by atoms with Crippen LogP contribution in [0.15, 0.2) is 66.3 Å². The van der Waals surface area contributed by atoms with Gasteiger partial charge in [-0.3, -0.25) is 9.36 Å². The first-order valence-corrected chi connectivity index (χ1v) is 10.8. The summed E-state index contributed by atoms with van der Waals surface area (Å²) in [5.74, 6) is 0.938. The second-order valence-corrected chi connectivity index (χ2v) is 7.98. The van der Waals surface area contributed by atoms with Gasteiger partial charge in [0.25, 0.3) is 0 Å². The standard InChI is InChI=1S/C23H27N5OS/c1-5-14-28-22(18-8-7-9-20(15-18)27(3)4)25-26-23(28)30-16-21(29)24-19-12-10-17(6-2)11-13-19/h5,7-13,15H,1,6,14,16H2,2-4H3,(H,24,29). The van der Waals surface area contributed by atoms with E-state index < -0.39 is 0 Å². The van der Waals surface area contributed by atoms with E-state index in [2.05, 4.69) is 35.1 Å². The first-order valence-electron chi connectivity index (χ1n) is 9.85. The number of aryl methyl sites for hydroxylation is 1. The molecule has 0 aliphatic carbocycles. The van der Waals surface area contributed by atoms with E-state index in [1.54, 1.807) is 0 Å². The number of carbonyl (C=O) groups is 1. The molecule has 1 N–H and O–H groups in total. The van der Waals surface area contributed by atoms with E-state index in [1.165, 1.54) is 17.3 Å². The Morgan fingerprint density at radius 1 is 1.20 bits per heavy atom. The lowest BCUT2D eigenvalue weighted by molar-refractivity contribution is -0.113. The van der Waals surface area contributed by atoms with Gasteiger partial charge in [0.2, 0.25) is 5.91 Å². The summed E-state index contributed by atoms with van der Waals surface area (Å²) in [5.41, 5.74) is 4.10. The van der Waals surface area contributed by atoms with Gasteiger partial charge in [-0.15, -0.1) is 16.8 Å². The Bertz CT molecular complexity index is 1010. The number of amides is 1. The highest BCUT2D eigenvalue weighted by molar-refractivity contribution is 7.99. The summed E-state index contributed by atoms with van der Waals surface area (Å²) in [5, 5.41) is 12.3. The Balaban J connectivity index is 1.72. The fourth-order valence-corrected chi connectivity index (χ4v) is 3.72. The third kappa shape index (κ3) is 5.30. The smallest absolute Gasteiger partial charge is 0.234 e. The summed E-state index contributed by atoms with van der Waals surface area (Å²) in [6.07, 6.45) is 2.78. The number of hydrogen-bond acceptors (Lipinski definition) is 5. The molecule has 0 saturated heterocycles. The SMILES string of the molecule is C=CCn1c(SCC(=O)Nc2ccc(CC)cc2)nnc1-c1cccc(N(C)C)c1. The van der Waals surface area contributed by atoms with Gasteiger partial charge >= 0.3 is 0 Å². The normalized spacial score (nSPS) is 10.6. The van der Waals surface area contributed by atoms with Crippen LogP contribution in [0, 0.1) is 0 Å². The maximum atomic E-state index is 12.4. The molecule has 0 saturated carbocycles. The van der Waals surface area contributed by atoms with Crippen molar-refractivity contribution in [1.82, 2.24) is 14.8 Å². The third-order valence-electron chi connectivity index (χ3n) is 4.63. The van der Waals surface area contributed by atoms with Crippen molar-refractivity contribution in [1.29, 1.82) is 0 Å². The van der Waals surface area contributed by atoms with Crippen LogP contribution in [0.1, 0.15) is 12.5 Å². The first-order chi connectivity index (χ1) is 14.5. The molecule has 156 valence electrons. The number of allylic oxidation sites excluding steroid dienone is 1. The summed E-state index contributed by atoms with van der Waals surface area (Å²) in [4.78, 5) is 14.4. The van der Waals surface area contributed by atoms with E-state index in [1.807, 2.05) is 72.1 Å². The second-order valence-electron chi connectivity index (χ2n) is 7.04. The molecule has 2 aromatic carbocycles. The average molecular weight is 422 g/mol. The maximum Gasteiger partial charge on any atom is 0.234 e. The third-order valence-corrected chi connectivity index (χ3v) is 5.59. The van der Waals surface area contributed by atoms with Crippen LogP contribution in [0.2, 0.25) is 0 Å². The quantitative estimate of drug-likeness (QED) is 0.407. The van der Waals surface area contributed by atoms with Crippen molar-refractivity contribution in [2.75, 3.05) is 30.1 Å². The highest BCUT2D eigenvalue weighted by Gasteiger charge is 2.15. The van der Waals surface area contributed by atoms with E-state index >= 15 is 0 Å². The predicted octanol–water partition coefficient (Wildman–Crippen LogP) is 4.49. The molecule has 1 amide bonds. The molecule has 0 spiro atoms. The lowest BCUT2D eigenvalue weighted by atomic mass is 10.1. The van der Waals surface area contributed by atoms with Crippen LogP contribution in [-0.4, -0.2) is 40.5 Å². The Morgan fingerprint density at radius 3 is 2.63 bits per heavy atom. The summed E-state index contributed by atoms with van der Waals surface area (Å²) >= 11 is 1.37. The second kappa shape index (κ2) is 10.1. The monoisotopic (exact) mass is 421 g/mol. The molecule has 0 fully saturated rings. The van der Waals surface area contributed by atoms with Crippen molar-refractivity contribution in [2.24, 2.45) is 0 Å². The Hall–Kier alpha value is -3.06. The molecule has 1 heterocycles. The van der Waals surface area contributed by atoms with Crippen molar-refractivity contribution in [2.45, 2.75) is 25.0 Å². The van der Waals surface area contributed by atoms with Gasteiger partial charge in [0.05, 0.1) is 5.75 Å². The van der Waals surface area contributed by atoms with Crippen LogP contribution in [0.25, 0.3) is 11.4 Å². The molecular weight excluding hydrogens is 394 g/mol. The zero-order valence-electron chi connectivity index (χ0n) is 17.6. The van der Waals surface area contributed by atoms with Gasteiger partial charge in [0.15, 0.2) is 11.0 Å². The highest BCUT2D eigenvalue weighted by Crippen LogP contribution is 2.27. The molecule has 7 heteroatoms. The number of nitrogens with zero attached hydrogens (tertiary/aromatic N) is 4. The Morgan fingerprint density at radius 2 is 1.97 bits per heavy atom. The van der Waals surface area contributed by atoms with Crippen LogP contribution in [0.3, 0.4) is 0 Å². The number of nitrogens with one attached hydrogen (secondary N) is 1. The summed E-state index contributed by atoms with van der Waals surface area (Å²) in [6.45, 7) is 6.52. The molecule has 0 atom stereocenters. The fraction of sp³-hybridized carbons (Fsp3) is 0.261. The molecule has 3 rings (SSSR count). The number of thioether (sulfide) groups is 1. The molecular formula is C23H27N5OS. The van der Waals surface area contributed by atoms with Crippen molar-refractivity contribution in [3.63, 3.8) is 0 Å². The van der Waals surface area contributed by atoms with Crippen LogP contribution >= 0.6 is 11.8 Å². The summed E-state index contributed by atoms with van der Waals surface area (Å²) in [7, 11) is 4.01. The zero-order valence-corrected chi connectivity index (χ0v) is 18.4. The summed E-state index contributed by atoms with van der Waals surface area (Å²) in [6, 6.07) is 16.0. The van der Waals surface area contributed by atoms with Crippen molar-refractivity contribution < 1.29 is 4.79 Å². The minimum absolute atomic E-state index is 0.0754. The molecule has 0 aliphatic rings. The first kappa shape index (κ1) is 21.6. The molecule has 1 aromatic heterocycles. The largest absolute Gasteiger partial charge is 0.378 e. The van der Waals surface area contributed by atoms with E-state index in [4.69, 9.17) is 0 Å². The van der Waals surface area contributed by atoms with Gasteiger partial charge < -0.3 is 10.2 Å². The minimum Gasteiger partial charge on any atom is -0.378 e. The van der Waals surface area contributed by atoms with Crippen LogP contribution in [-0.2, 0) is 17.8 Å². The van der Waals surface area contributed by atoms with Gasteiger partial charge in [0.1, 0.15) is 0 Å². The predicted molar refractivity (Wildman–Crippen MR) is 125 cm³/mol. The van der Waals surface area contributed by atoms with Crippen molar-refractivity contribution in [3.8, 4) is 11.4 Å². The van der Waals surface area contributed by atoms with E-state index in [9.17, 15) is 4.79 Å².